The summed E-state index contributed by atoms with van der Waals surface area (Å²) in [6.07, 6.45) is 0. The van der Waals surface area contributed by atoms with E-state index in [1.165, 1.54) is 26.2 Å². The molecular weight excluding hydrogens is 500 g/mol. The van der Waals surface area contributed by atoms with Crippen molar-refractivity contribution in [2.45, 2.75) is 10.9 Å². The van der Waals surface area contributed by atoms with Crippen molar-refractivity contribution in [3.8, 4) is 0 Å². The molecule has 2 heterocycles. The van der Waals surface area contributed by atoms with Crippen LogP contribution < -0.4 is 5.32 Å². The molecule has 1 atom stereocenters. The molecule has 36 heavy (non-hydrogen) atoms. The number of nitrogens with zero attached hydrogens (tertiary/aromatic N) is 3. The summed E-state index contributed by atoms with van der Waals surface area (Å²) >= 11 is 1.10. The molecule has 0 spiro atoms. The van der Waals surface area contributed by atoms with Crippen LogP contribution in [0.3, 0.4) is 0 Å². The van der Waals surface area contributed by atoms with Crippen LogP contribution in [0.5, 0.6) is 0 Å². The molecule has 3 amide bonds. The molecule has 1 aliphatic rings. The molecule has 9 nitrogen and oxygen atoms in total. The van der Waals surface area contributed by atoms with Gasteiger partial charge in [0.15, 0.2) is 5.13 Å². The van der Waals surface area contributed by atoms with Crippen molar-refractivity contribution in [2.24, 2.45) is 0 Å². The SMILES string of the molecule is CN(C)S(=O)(=O)c1ccc2nc(NC(=O)C(c3ccccc3)N3C(=O)c4ccccc4C3=O)sc2c1. The number of benzene rings is 3. The summed E-state index contributed by atoms with van der Waals surface area (Å²) in [6.45, 7) is 0. The Morgan fingerprint density at radius 3 is 2.17 bits per heavy atom. The van der Waals surface area contributed by atoms with E-state index in [4.69, 9.17) is 0 Å². The highest BCUT2D eigenvalue weighted by Crippen LogP contribution is 2.34. The number of thiazole rings is 1. The number of fused-ring (bicyclic) bond motifs is 2. The topological polar surface area (TPSA) is 117 Å². The zero-order valence-corrected chi connectivity index (χ0v) is 20.8. The summed E-state index contributed by atoms with van der Waals surface area (Å²) in [5, 5.41) is 2.93. The van der Waals surface area contributed by atoms with Crippen LogP contribution in [0, 0.1) is 0 Å². The van der Waals surface area contributed by atoms with Crippen LogP contribution in [0.2, 0.25) is 0 Å². The number of hydrogen-bond acceptors (Lipinski definition) is 7. The van der Waals surface area contributed by atoms with Crippen molar-refractivity contribution in [1.29, 1.82) is 0 Å². The number of amides is 3. The Hall–Kier alpha value is -3.93. The Labute approximate surface area is 211 Å². The van der Waals surface area contributed by atoms with E-state index in [1.807, 2.05) is 0 Å². The number of sulfonamides is 1. The second-order valence-corrected chi connectivity index (χ2v) is 11.4. The largest absolute Gasteiger partial charge is 0.300 e. The lowest BCUT2D eigenvalue weighted by molar-refractivity contribution is -0.120. The lowest BCUT2D eigenvalue weighted by Crippen LogP contribution is -2.40. The van der Waals surface area contributed by atoms with Crippen LogP contribution >= 0.6 is 11.3 Å². The van der Waals surface area contributed by atoms with Gasteiger partial charge in [0, 0.05) is 14.1 Å². The Bertz CT molecular complexity index is 1600. The predicted molar refractivity (Wildman–Crippen MR) is 135 cm³/mol. The molecule has 0 aliphatic carbocycles. The second-order valence-electron chi connectivity index (χ2n) is 8.26. The van der Waals surface area contributed by atoms with E-state index in [0.29, 0.717) is 15.8 Å². The van der Waals surface area contributed by atoms with Gasteiger partial charge in [-0.3, -0.25) is 24.6 Å². The normalized spacial score (nSPS) is 14.4. The minimum Gasteiger partial charge on any atom is -0.300 e. The zero-order chi connectivity index (χ0) is 25.6. The van der Waals surface area contributed by atoms with Crippen LogP contribution in [-0.2, 0) is 14.8 Å². The van der Waals surface area contributed by atoms with Gasteiger partial charge in [-0.05, 0) is 35.9 Å². The highest BCUT2D eigenvalue weighted by atomic mass is 32.2. The molecule has 1 aliphatic heterocycles. The standard InChI is InChI=1S/C25H20N4O5S2/c1-28(2)36(33,34)16-12-13-19-20(14-16)35-25(26-19)27-22(30)21(15-8-4-3-5-9-15)29-23(31)17-10-6-7-11-18(17)24(29)32/h3-14,21H,1-2H3,(H,26,27,30). The smallest absolute Gasteiger partial charge is 0.262 e. The van der Waals surface area contributed by atoms with E-state index in [9.17, 15) is 22.8 Å². The van der Waals surface area contributed by atoms with E-state index in [-0.39, 0.29) is 21.2 Å². The molecule has 0 radical (unpaired) electrons. The highest BCUT2D eigenvalue weighted by Gasteiger charge is 2.43. The van der Waals surface area contributed by atoms with E-state index in [1.54, 1.807) is 60.7 Å². The van der Waals surface area contributed by atoms with Gasteiger partial charge >= 0.3 is 0 Å². The van der Waals surface area contributed by atoms with Crippen LogP contribution in [0.4, 0.5) is 5.13 Å². The first-order chi connectivity index (χ1) is 17.2. The number of imide groups is 1. The first-order valence-electron chi connectivity index (χ1n) is 10.8. The monoisotopic (exact) mass is 520 g/mol. The lowest BCUT2D eigenvalue weighted by atomic mass is 10.0. The predicted octanol–water partition coefficient (Wildman–Crippen LogP) is 3.52. The quantitative estimate of drug-likeness (QED) is 0.389. The van der Waals surface area contributed by atoms with Crippen molar-refractivity contribution >= 4 is 54.4 Å². The van der Waals surface area contributed by atoms with Gasteiger partial charge in [-0.15, -0.1) is 0 Å². The summed E-state index contributed by atoms with van der Waals surface area (Å²) in [4.78, 5) is 45.3. The Morgan fingerprint density at radius 2 is 1.56 bits per heavy atom. The Kier molecular flexibility index (Phi) is 5.91. The number of aromatic nitrogens is 1. The molecule has 0 saturated heterocycles. The molecule has 4 aromatic rings. The number of anilines is 1. The molecule has 3 aromatic carbocycles. The van der Waals surface area contributed by atoms with Gasteiger partial charge in [0.2, 0.25) is 10.0 Å². The van der Waals surface area contributed by atoms with Crippen LogP contribution in [0.1, 0.15) is 32.3 Å². The van der Waals surface area contributed by atoms with Crippen molar-refractivity contribution in [1.82, 2.24) is 14.2 Å². The summed E-state index contributed by atoms with van der Waals surface area (Å²) < 4.78 is 26.6. The number of carbonyl (C=O) groups excluding carboxylic acids is 3. The van der Waals surface area contributed by atoms with Crippen molar-refractivity contribution in [3.63, 3.8) is 0 Å². The molecule has 1 N–H and O–H groups in total. The summed E-state index contributed by atoms with van der Waals surface area (Å²) in [5.74, 6) is -1.72. The Morgan fingerprint density at radius 1 is 0.944 bits per heavy atom. The van der Waals surface area contributed by atoms with Gasteiger partial charge in [0.05, 0.1) is 26.2 Å². The van der Waals surface area contributed by atoms with Crippen LogP contribution in [-0.4, -0.2) is 54.4 Å². The maximum Gasteiger partial charge on any atom is 0.262 e. The van der Waals surface area contributed by atoms with Crippen molar-refractivity contribution in [3.05, 3.63) is 89.5 Å². The van der Waals surface area contributed by atoms with E-state index < -0.39 is 33.8 Å². The molecule has 11 heteroatoms. The summed E-state index contributed by atoms with van der Waals surface area (Å²) in [5.41, 5.74) is 1.45. The molecular formula is C25H20N4O5S2. The fourth-order valence-electron chi connectivity index (χ4n) is 4.00. The average Bonchev–Trinajstić information content (AvgIpc) is 3.38. The minimum absolute atomic E-state index is 0.106. The van der Waals surface area contributed by atoms with Gasteiger partial charge < -0.3 is 0 Å². The summed E-state index contributed by atoms with van der Waals surface area (Å²) in [7, 11) is -0.747. The van der Waals surface area contributed by atoms with E-state index in [2.05, 4.69) is 10.3 Å². The summed E-state index contributed by atoms with van der Waals surface area (Å²) in [6, 6.07) is 18.3. The fourth-order valence-corrected chi connectivity index (χ4v) is 5.91. The first-order valence-corrected chi connectivity index (χ1v) is 13.1. The van der Waals surface area contributed by atoms with E-state index >= 15 is 0 Å². The highest BCUT2D eigenvalue weighted by molar-refractivity contribution is 7.89. The van der Waals surface area contributed by atoms with Gasteiger partial charge in [-0.2, -0.15) is 0 Å². The molecule has 182 valence electrons. The molecule has 0 fully saturated rings. The van der Waals surface area contributed by atoms with E-state index in [0.717, 1.165) is 20.5 Å². The molecule has 1 unspecified atom stereocenters. The van der Waals surface area contributed by atoms with Crippen LogP contribution in [0.25, 0.3) is 10.2 Å². The van der Waals surface area contributed by atoms with Gasteiger partial charge in [-0.25, -0.2) is 17.7 Å². The maximum atomic E-state index is 13.5. The second kappa shape index (κ2) is 8.94. The maximum absolute atomic E-state index is 13.5. The number of rotatable bonds is 6. The molecule has 5 rings (SSSR count). The first kappa shape index (κ1) is 23.8. The average molecular weight is 521 g/mol. The fraction of sp³-hybridized carbons (Fsp3) is 0.120. The molecule has 1 aromatic heterocycles. The van der Waals surface area contributed by atoms with Crippen molar-refractivity contribution in [2.75, 3.05) is 19.4 Å². The number of carbonyl (C=O) groups is 3. The van der Waals surface area contributed by atoms with Gasteiger partial charge in [0.25, 0.3) is 17.7 Å². The lowest BCUT2D eigenvalue weighted by Gasteiger charge is -2.25. The zero-order valence-electron chi connectivity index (χ0n) is 19.2. The van der Waals surface area contributed by atoms with Gasteiger partial charge in [0.1, 0.15) is 6.04 Å². The van der Waals surface area contributed by atoms with Crippen LogP contribution in [0.15, 0.2) is 77.7 Å². The number of hydrogen-bond donors (Lipinski definition) is 1. The van der Waals surface area contributed by atoms with Gasteiger partial charge in [-0.1, -0.05) is 53.8 Å². The van der Waals surface area contributed by atoms with Crippen molar-refractivity contribution < 1.29 is 22.8 Å². The Balaban J connectivity index is 1.50. The molecule has 0 bridgehead atoms. The third kappa shape index (κ3) is 3.96. The third-order valence-corrected chi connectivity index (χ3v) is 8.56. The molecule has 0 saturated carbocycles. The number of nitrogens with one attached hydrogen (secondary N) is 1. The minimum atomic E-state index is -3.64. The third-order valence-electron chi connectivity index (χ3n) is 5.82.